The van der Waals surface area contributed by atoms with Crippen molar-refractivity contribution in [3.05, 3.63) is 29.8 Å². The second-order valence-corrected chi connectivity index (χ2v) is 8.31. The lowest BCUT2D eigenvalue weighted by molar-refractivity contribution is 0.358. The zero-order valence-corrected chi connectivity index (χ0v) is 13.4. The fourth-order valence-corrected chi connectivity index (χ4v) is 4.44. The standard InChI is InChI=1S/C16H24N2O2S/c1-13-4-8-16(9-5-13)21(19,20)18(11-14-6-7-14)12-15-3-2-10-17-15/h4-5,8-9,14-15,17H,2-3,6-7,10-12H2,1H3. The summed E-state index contributed by atoms with van der Waals surface area (Å²) in [6.45, 7) is 4.26. The molecule has 0 amide bonds. The number of benzene rings is 1. The van der Waals surface area contributed by atoms with Crippen molar-refractivity contribution < 1.29 is 8.42 Å². The maximum absolute atomic E-state index is 12.9. The minimum absolute atomic E-state index is 0.309. The van der Waals surface area contributed by atoms with Gasteiger partial charge in [0.05, 0.1) is 4.90 Å². The smallest absolute Gasteiger partial charge is 0.243 e. The quantitative estimate of drug-likeness (QED) is 0.876. The summed E-state index contributed by atoms with van der Waals surface area (Å²) in [7, 11) is -3.37. The number of sulfonamides is 1. The molecule has 1 aromatic carbocycles. The number of nitrogens with one attached hydrogen (secondary N) is 1. The Hall–Kier alpha value is -0.910. The van der Waals surface area contributed by atoms with E-state index in [1.54, 1.807) is 16.4 Å². The summed E-state index contributed by atoms with van der Waals surface area (Å²) in [4.78, 5) is 0.423. The topological polar surface area (TPSA) is 49.4 Å². The first-order chi connectivity index (χ1) is 10.1. The molecule has 4 nitrogen and oxygen atoms in total. The lowest BCUT2D eigenvalue weighted by Crippen LogP contribution is -2.42. The predicted octanol–water partition coefficient (Wildman–Crippen LogP) is 2.15. The average molecular weight is 308 g/mol. The van der Waals surface area contributed by atoms with Crippen LogP contribution in [0.25, 0.3) is 0 Å². The van der Waals surface area contributed by atoms with Crippen LogP contribution in [0.2, 0.25) is 0 Å². The molecule has 0 aromatic heterocycles. The molecular weight excluding hydrogens is 284 g/mol. The Balaban J connectivity index is 1.80. The highest BCUT2D eigenvalue weighted by molar-refractivity contribution is 7.89. The molecule has 116 valence electrons. The van der Waals surface area contributed by atoms with E-state index in [0.717, 1.165) is 37.8 Å². The van der Waals surface area contributed by atoms with E-state index in [1.807, 2.05) is 19.1 Å². The van der Waals surface area contributed by atoms with Crippen LogP contribution in [0, 0.1) is 12.8 Å². The lowest BCUT2D eigenvalue weighted by Gasteiger charge is -2.25. The van der Waals surface area contributed by atoms with Gasteiger partial charge in [0.25, 0.3) is 0 Å². The molecule has 21 heavy (non-hydrogen) atoms. The zero-order chi connectivity index (χ0) is 14.9. The SMILES string of the molecule is Cc1ccc(S(=O)(=O)N(CC2CC2)CC2CCCN2)cc1. The van der Waals surface area contributed by atoms with Crippen molar-refractivity contribution in [1.82, 2.24) is 9.62 Å². The number of hydrogen-bond acceptors (Lipinski definition) is 3. The molecule has 2 fully saturated rings. The van der Waals surface area contributed by atoms with Crippen molar-refractivity contribution in [2.24, 2.45) is 5.92 Å². The number of hydrogen-bond donors (Lipinski definition) is 1. The summed E-state index contributed by atoms with van der Waals surface area (Å²) in [6.07, 6.45) is 4.55. The first kappa shape index (κ1) is 15.0. The van der Waals surface area contributed by atoms with Gasteiger partial charge in [0.15, 0.2) is 0 Å². The van der Waals surface area contributed by atoms with Crippen molar-refractivity contribution in [2.45, 2.75) is 43.5 Å². The first-order valence-corrected chi connectivity index (χ1v) is 9.30. The monoisotopic (exact) mass is 308 g/mol. The molecule has 1 unspecified atom stereocenters. The van der Waals surface area contributed by atoms with Gasteiger partial charge in [0, 0.05) is 19.1 Å². The fraction of sp³-hybridized carbons (Fsp3) is 0.625. The Morgan fingerprint density at radius 2 is 1.86 bits per heavy atom. The molecule has 1 N–H and O–H groups in total. The molecule has 1 aliphatic heterocycles. The third kappa shape index (κ3) is 3.65. The van der Waals surface area contributed by atoms with Gasteiger partial charge in [-0.25, -0.2) is 8.42 Å². The molecule has 1 aliphatic carbocycles. The molecule has 0 bridgehead atoms. The molecule has 5 heteroatoms. The molecule has 0 radical (unpaired) electrons. The van der Waals surface area contributed by atoms with E-state index in [1.165, 1.54) is 0 Å². The first-order valence-electron chi connectivity index (χ1n) is 7.86. The molecule has 1 saturated heterocycles. The van der Waals surface area contributed by atoms with Crippen LogP contribution in [0.3, 0.4) is 0 Å². The Bertz CT molecular complexity index is 573. The van der Waals surface area contributed by atoms with Crippen LogP contribution in [0.5, 0.6) is 0 Å². The van der Waals surface area contributed by atoms with Crippen LogP contribution >= 0.6 is 0 Å². The van der Waals surface area contributed by atoms with Gasteiger partial charge < -0.3 is 5.32 Å². The Morgan fingerprint density at radius 3 is 2.43 bits per heavy atom. The van der Waals surface area contributed by atoms with Gasteiger partial charge in [-0.05, 0) is 57.2 Å². The highest BCUT2D eigenvalue weighted by atomic mass is 32.2. The average Bonchev–Trinajstić information content (AvgIpc) is 3.12. The Labute approximate surface area is 127 Å². The number of aryl methyl sites for hydroxylation is 1. The molecule has 1 aromatic rings. The Kier molecular flexibility index (Phi) is 4.33. The second-order valence-electron chi connectivity index (χ2n) is 6.37. The summed E-state index contributed by atoms with van der Waals surface area (Å²) in [6, 6.07) is 7.51. The van der Waals surface area contributed by atoms with E-state index in [4.69, 9.17) is 0 Å². The van der Waals surface area contributed by atoms with E-state index in [-0.39, 0.29) is 0 Å². The minimum Gasteiger partial charge on any atom is -0.313 e. The van der Waals surface area contributed by atoms with Crippen LogP contribution in [0.1, 0.15) is 31.2 Å². The molecule has 0 spiro atoms. The largest absolute Gasteiger partial charge is 0.313 e. The molecule has 3 rings (SSSR count). The van der Waals surface area contributed by atoms with Crippen LogP contribution in [-0.4, -0.2) is 38.4 Å². The fourth-order valence-electron chi connectivity index (χ4n) is 2.88. The van der Waals surface area contributed by atoms with E-state index >= 15 is 0 Å². The number of rotatable bonds is 6. The van der Waals surface area contributed by atoms with Crippen molar-refractivity contribution in [2.75, 3.05) is 19.6 Å². The van der Waals surface area contributed by atoms with Crippen molar-refractivity contribution in [3.8, 4) is 0 Å². The zero-order valence-electron chi connectivity index (χ0n) is 12.6. The summed E-state index contributed by atoms with van der Waals surface area (Å²) < 4.78 is 27.5. The van der Waals surface area contributed by atoms with Gasteiger partial charge in [-0.2, -0.15) is 4.31 Å². The molecule has 2 aliphatic rings. The van der Waals surface area contributed by atoms with Gasteiger partial charge in [-0.3, -0.25) is 0 Å². The van der Waals surface area contributed by atoms with E-state index in [0.29, 0.717) is 29.9 Å². The van der Waals surface area contributed by atoms with E-state index < -0.39 is 10.0 Å². The maximum atomic E-state index is 12.9. The summed E-state index contributed by atoms with van der Waals surface area (Å²) >= 11 is 0. The highest BCUT2D eigenvalue weighted by Crippen LogP contribution is 2.32. The van der Waals surface area contributed by atoms with Gasteiger partial charge in [-0.15, -0.1) is 0 Å². The lowest BCUT2D eigenvalue weighted by atomic mass is 10.2. The highest BCUT2D eigenvalue weighted by Gasteiger charge is 2.33. The molecule has 1 heterocycles. The van der Waals surface area contributed by atoms with Gasteiger partial charge in [0.2, 0.25) is 10.0 Å². The van der Waals surface area contributed by atoms with E-state index in [9.17, 15) is 8.42 Å². The second kappa shape index (κ2) is 6.07. The third-order valence-corrected chi connectivity index (χ3v) is 6.25. The molecular formula is C16H24N2O2S. The van der Waals surface area contributed by atoms with Crippen LogP contribution in [0.15, 0.2) is 29.2 Å². The Morgan fingerprint density at radius 1 is 1.14 bits per heavy atom. The normalized spacial score (nSPS) is 22.9. The molecule has 1 saturated carbocycles. The van der Waals surface area contributed by atoms with Crippen LogP contribution in [-0.2, 0) is 10.0 Å². The van der Waals surface area contributed by atoms with Crippen LogP contribution < -0.4 is 5.32 Å². The summed E-state index contributed by atoms with van der Waals surface area (Å²) in [5, 5.41) is 3.41. The van der Waals surface area contributed by atoms with Crippen molar-refractivity contribution in [1.29, 1.82) is 0 Å². The third-order valence-electron chi connectivity index (χ3n) is 4.40. The van der Waals surface area contributed by atoms with E-state index in [2.05, 4.69) is 5.32 Å². The minimum atomic E-state index is -3.37. The molecule has 1 atom stereocenters. The summed E-state index contributed by atoms with van der Waals surface area (Å²) in [5.74, 6) is 0.562. The van der Waals surface area contributed by atoms with Crippen LogP contribution in [0.4, 0.5) is 0 Å². The van der Waals surface area contributed by atoms with Gasteiger partial charge in [0.1, 0.15) is 0 Å². The van der Waals surface area contributed by atoms with Crippen molar-refractivity contribution >= 4 is 10.0 Å². The number of nitrogens with zero attached hydrogens (tertiary/aromatic N) is 1. The van der Waals surface area contributed by atoms with Crippen molar-refractivity contribution in [3.63, 3.8) is 0 Å². The van der Waals surface area contributed by atoms with Gasteiger partial charge in [-0.1, -0.05) is 17.7 Å². The maximum Gasteiger partial charge on any atom is 0.243 e. The van der Waals surface area contributed by atoms with Gasteiger partial charge >= 0.3 is 0 Å². The summed E-state index contributed by atoms with van der Waals surface area (Å²) in [5.41, 5.74) is 1.08. The predicted molar refractivity (Wildman–Crippen MR) is 83.7 cm³/mol.